The first-order valence-electron chi connectivity index (χ1n) is 3.41. The molecule has 5 N–H and O–H groups in total. The van der Waals surface area contributed by atoms with E-state index in [4.69, 9.17) is 10.9 Å². The van der Waals surface area contributed by atoms with Gasteiger partial charge in [0.15, 0.2) is 0 Å². The monoisotopic (exact) mass is 170 g/mol. The predicted molar refractivity (Wildman–Crippen MR) is 40.2 cm³/mol. The number of carbonyl (C=O) groups excluding carboxylic acids is 1. The third-order valence-corrected chi connectivity index (χ3v) is 1.43. The Morgan fingerprint density at radius 2 is 2.67 bits per heavy atom. The van der Waals surface area contributed by atoms with Gasteiger partial charge in [0.05, 0.1) is 18.1 Å². The van der Waals surface area contributed by atoms with E-state index in [1.165, 1.54) is 11.8 Å². The quantitative estimate of drug-likeness (QED) is 0.337. The van der Waals surface area contributed by atoms with Gasteiger partial charge in [-0.3, -0.25) is 10.0 Å². The van der Waals surface area contributed by atoms with E-state index in [0.717, 1.165) is 0 Å². The lowest BCUT2D eigenvalue weighted by Crippen LogP contribution is -2.40. The largest absolute Gasteiger partial charge is 0.351 e. The second-order valence-corrected chi connectivity index (χ2v) is 2.35. The summed E-state index contributed by atoms with van der Waals surface area (Å²) in [4.78, 5) is 17.3. The van der Waals surface area contributed by atoms with Gasteiger partial charge >= 0.3 is 0 Å². The number of aromatic nitrogens is 2. The van der Waals surface area contributed by atoms with Crippen molar-refractivity contribution >= 4 is 5.91 Å². The van der Waals surface area contributed by atoms with Crippen LogP contribution in [0.5, 0.6) is 0 Å². The first-order valence-corrected chi connectivity index (χ1v) is 3.41. The summed E-state index contributed by atoms with van der Waals surface area (Å²) < 4.78 is 0. The molecule has 66 valence electrons. The molecule has 0 spiro atoms. The van der Waals surface area contributed by atoms with Gasteiger partial charge in [-0.05, 0) is 0 Å². The Morgan fingerprint density at radius 3 is 3.17 bits per heavy atom. The number of hydroxylamine groups is 1. The van der Waals surface area contributed by atoms with Crippen LogP contribution >= 0.6 is 0 Å². The van der Waals surface area contributed by atoms with Crippen LogP contribution in [0, 0.1) is 0 Å². The zero-order valence-corrected chi connectivity index (χ0v) is 6.32. The molecule has 6 heteroatoms. The van der Waals surface area contributed by atoms with Gasteiger partial charge in [-0.1, -0.05) is 0 Å². The average molecular weight is 170 g/mol. The Labute approximate surface area is 68.8 Å². The van der Waals surface area contributed by atoms with Gasteiger partial charge in [0.1, 0.15) is 0 Å². The van der Waals surface area contributed by atoms with Gasteiger partial charge in [0, 0.05) is 12.6 Å². The number of H-pyrrole nitrogens is 1. The van der Waals surface area contributed by atoms with Crippen molar-refractivity contribution in [2.45, 2.75) is 12.5 Å². The fourth-order valence-corrected chi connectivity index (χ4v) is 0.803. The van der Waals surface area contributed by atoms with Crippen molar-refractivity contribution in [3.05, 3.63) is 18.2 Å². The number of nitrogens with zero attached hydrogens (tertiary/aromatic N) is 1. The molecule has 1 rings (SSSR count). The third-order valence-electron chi connectivity index (χ3n) is 1.43. The molecule has 0 saturated heterocycles. The molecule has 0 radical (unpaired) electrons. The van der Waals surface area contributed by atoms with Gasteiger partial charge in [0.2, 0.25) is 0 Å². The van der Waals surface area contributed by atoms with Gasteiger partial charge in [-0.2, -0.15) is 0 Å². The Kier molecular flexibility index (Phi) is 2.78. The molecule has 0 aliphatic carbocycles. The molecule has 0 bridgehead atoms. The summed E-state index contributed by atoms with van der Waals surface area (Å²) in [6.07, 6.45) is 3.44. The molecule has 1 aromatic rings. The summed E-state index contributed by atoms with van der Waals surface area (Å²) in [5.41, 5.74) is 7.55. The summed E-state index contributed by atoms with van der Waals surface area (Å²) in [7, 11) is 0. The maximum absolute atomic E-state index is 10.7. The molecule has 1 atom stereocenters. The average Bonchev–Trinajstić information content (AvgIpc) is 2.55. The number of nitrogens with two attached hydrogens (primary N) is 1. The minimum atomic E-state index is -0.765. The number of carbonyl (C=O) groups is 1. The van der Waals surface area contributed by atoms with Gasteiger partial charge in [-0.15, -0.1) is 0 Å². The van der Waals surface area contributed by atoms with E-state index in [2.05, 4.69) is 9.97 Å². The number of rotatable bonds is 3. The topological polar surface area (TPSA) is 104 Å². The second kappa shape index (κ2) is 3.84. The molecule has 0 unspecified atom stereocenters. The van der Waals surface area contributed by atoms with Crippen LogP contribution in [0.25, 0.3) is 0 Å². The van der Waals surface area contributed by atoms with Crippen LogP contribution in [-0.2, 0) is 11.2 Å². The van der Waals surface area contributed by atoms with Crippen molar-refractivity contribution in [1.29, 1.82) is 0 Å². The van der Waals surface area contributed by atoms with Gasteiger partial charge in [-0.25, -0.2) is 10.5 Å². The van der Waals surface area contributed by atoms with E-state index in [1.807, 2.05) is 0 Å². The standard InChI is InChI=1S/C6H10N4O2/c7-5(6(11)10-12)1-4-2-8-3-9-4/h2-3,5,12H,1,7H2,(H,8,9)(H,10,11)/t5-/m0/s1. The summed E-state index contributed by atoms with van der Waals surface area (Å²) in [6, 6.07) is -0.765. The summed E-state index contributed by atoms with van der Waals surface area (Å²) in [6.45, 7) is 0. The highest BCUT2D eigenvalue weighted by molar-refractivity contribution is 5.80. The Bertz CT molecular complexity index is 246. The maximum Gasteiger partial charge on any atom is 0.260 e. The lowest BCUT2D eigenvalue weighted by molar-refractivity contribution is -0.130. The Morgan fingerprint density at radius 1 is 1.92 bits per heavy atom. The molecule has 0 aliphatic heterocycles. The van der Waals surface area contributed by atoms with Crippen LogP contribution in [0.15, 0.2) is 12.5 Å². The maximum atomic E-state index is 10.7. The first kappa shape index (κ1) is 8.69. The zero-order chi connectivity index (χ0) is 8.97. The molecular formula is C6H10N4O2. The lowest BCUT2D eigenvalue weighted by atomic mass is 10.2. The Balaban J connectivity index is 2.47. The first-order chi connectivity index (χ1) is 5.74. The highest BCUT2D eigenvalue weighted by atomic mass is 16.5. The van der Waals surface area contributed by atoms with E-state index in [1.54, 1.807) is 6.20 Å². The number of hydrogen-bond acceptors (Lipinski definition) is 4. The van der Waals surface area contributed by atoms with Crippen LogP contribution in [0.2, 0.25) is 0 Å². The fraction of sp³-hybridized carbons (Fsp3) is 0.333. The number of aromatic amines is 1. The molecule has 0 aliphatic rings. The highest BCUT2D eigenvalue weighted by Gasteiger charge is 2.13. The number of amides is 1. The van der Waals surface area contributed by atoms with Crippen LogP contribution in [0.1, 0.15) is 5.69 Å². The minimum Gasteiger partial charge on any atom is -0.351 e. The van der Waals surface area contributed by atoms with Gasteiger partial charge < -0.3 is 10.7 Å². The summed E-state index contributed by atoms with van der Waals surface area (Å²) in [5, 5.41) is 8.23. The van der Waals surface area contributed by atoms with E-state index in [-0.39, 0.29) is 0 Å². The molecule has 1 heterocycles. The normalized spacial score (nSPS) is 12.5. The molecule has 6 nitrogen and oxygen atoms in total. The molecular weight excluding hydrogens is 160 g/mol. The fourth-order valence-electron chi connectivity index (χ4n) is 0.803. The van der Waals surface area contributed by atoms with E-state index in [9.17, 15) is 4.79 Å². The Hall–Kier alpha value is -1.40. The van der Waals surface area contributed by atoms with Crippen molar-refractivity contribution in [2.75, 3.05) is 0 Å². The van der Waals surface area contributed by atoms with Crippen molar-refractivity contribution in [1.82, 2.24) is 15.4 Å². The van der Waals surface area contributed by atoms with Crippen molar-refractivity contribution in [3.63, 3.8) is 0 Å². The van der Waals surface area contributed by atoms with E-state index >= 15 is 0 Å². The second-order valence-electron chi connectivity index (χ2n) is 2.35. The van der Waals surface area contributed by atoms with Crippen LogP contribution in [0.3, 0.4) is 0 Å². The summed E-state index contributed by atoms with van der Waals surface area (Å²) in [5.74, 6) is -0.613. The van der Waals surface area contributed by atoms with E-state index in [0.29, 0.717) is 12.1 Å². The van der Waals surface area contributed by atoms with Crippen molar-refractivity contribution in [3.8, 4) is 0 Å². The third kappa shape index (κ3) is 2.04. The lowest BCUT2D eigenvalue weighted by Gasteiger charge is -2.05. The predicted octanol–water partition coefficient (Wildman–Crippen LogP) is -1.22. The van der Waals surface area contributed by atoms with Crippen LogP contribution < -0.4 is 11.2 Å². The number of hydrogen-bond donors (Lipinski definition) is 4. The molecule has 0 aromatic carbocycles. The summed E-state index contributed by atoms with van der Waals surface area (Å²) >= 11 is 0. The van der Waals surface area contributed by atoms with Gasteiger partial charge in [0.25, 0.3) is 5.91 Å². The molecule has 0 fully saturated rings. The zero-order valence-electron chi connectivity index (χ0n) is 6.32. The minimum absolute atomic E-state index is 0.301. The molecule has 0 saturated carbocycles. The molecule has 1 aromatic heterocycles. The van der Waals surface area contributed by atoms with Crippen molar-refractivity contribution < 1.29 is 10.0 Å². The molecule has 12 heavy (non-hydrogen) atoms. The molecule has 1 amide bonds. The van der Waals surface area contributed by atoms with Crippen LogP contribution in [0.4, 0.5) is 0 Å². The van der Waals surface area contributed by atoms with Crippen LogP contribution in [-0.4, -0.2) is 27.1 Å². The smallest absolute Gasteiger partial charge is 0.260 e. The number of imidazole rings is 1. The SMILES string of the molecule is N[C@@H](Cc1c[nH]cn1)C(=O)NO. The number of nitrogens with one attached hydrogen (secondary N) is 2. The highest BCUT2D eigenvalue weighted by Crippen LogP contribution is 1.95. The van der Waals surface area contributed by atoms with E-state index < -0.39 is 11.9 Å². The van der Waals surface area contributed by atoms with Crippen molar-refractivity contribution in [2.24, 2.45) is 5.73 Å².